The first-order valence-corrected chi connectivity index (χ1v) is 9.49. The van der Waals surface area contributed by atoms with Gasteiger partial charge in [-0.15, -0.1) is 0 Å². The summed E-state index contributed by atoms with van der Waals surface area (Å²) in [6.07, 6.45) is 1.06. The molecule has 154 valence electrons. The van der Waals surface area contributed by atoms with Crippen LogP contribution in [0.15, 0.2) is 48.5 Å². The lowest BCUT2D eigenvalue weighted by molar-refractivity contribution is 0.0953. The van der Waals surface area contributed by atoms with Gasteiger partial charge in [-0.3, -0.25) is 4.79 Å². The van der Waals surface area contributed by atoms with Crippen LogP contribution in [0.5, 0.6) is 0 Å². The molecule has 0 unspecified atom stereocenters. The molecule has 0 spiro atoms. The van der Waals surface area contributed by atoms with E-state index in [2.05, 4.69) is 16.5 Å². The molecular formula is C22H23FN6O. The highest BCUT2D eigenvalue weighted by Gasteiger charge is 2.16. The molecule has 0 aliphatic rings. The van der Waals surface area contributed by atoms with Gasteiger partial charge in [0.25, 0.3) is 5.91 Å². The predicted molar refractivity (Wildman–Crippen MR) is 114 cm³/mol. The molecule has 1 heterocycles. The zero-order chi connectivity index (χ0) is 21.7. The number of nitrogens with two attached hydrogens (primary N) is 1. The van der Waals surface area contributed by atoms with E-state index in [9.17, 15) is 14.4 Å². The van der Waals surface area contributed by atoms with E-state index in [4.69, 9.17) is 5.73 Å². The van der Waals surface area contributed by atoms with E-state index in [1.807, 2.05) is 37.2 Å². The van der Waals surface area contributed by atoms with Crippen molar-refractivity contribution in [2.24, 2.45) is 0 Å². The van der Waals surface area contributed by atoms with Crippen LogP contribution in [-0.4, -0.2) is 36.3 Å². The minimum atomic E-state index is -0.364. The number of hydrogen-bond donors (Lipinski definition) is 2. The normalized spacial score (nSPS) is 10.5. The number of halogens is 1. The third-order valence-corrected chi connectivity index (χ3v) is 4.68. The second-order valence-corrected chi connectivity index (χ2v) is 7.01. The Morgan fingerprint density at radius 3 is 2.67 bits per heavy atom. The maximum atomic E-state index is 13.2. The average Bonchev–Trinajstić information content (AvgIpc) is 3.06. The van der Waals surface area contributed by atoms with E-state index >= 15 is 0 Å². The van der Waals surface area contributed by atoms with E-state index in [1.54, 1.807) is 18.2 Å². The van der Waals surface area contributed by atoms with Gasteiger partial charge in [-0.25, -0.2) is 9.07 Å². The molecule has 30 heavy (non-hydrogen) atoms. The van der Waals surface area contributed by atoms with Crippen LogP contribution in [0.4, 0.5) is 15.9 Å². The van der Waals surface area contributed by atoms with Crippen LogP contribution in [-0.2, 0) is 6.42 Å². The molecule has 0 aliphatic carbocycles. The number of nitriles is 1. The molecule has 1 aromatic heterocycles. The first kappa shape index (κ1) is 20.9. The van der Waals surface area contributed by atoms with Gasteiger partial charge in [0.1, 0.15) is 23.3 Å². The lowest BCUT2D eigenvalue weighted by Gasteiger charge is -2.13. The highest BCUT2D eigenvalue weighted by molar-refractivity contribution is 5.95. The number of aryl methyl sites for hydroxylation is 1. The standard InChI is InChI=1S/C22H23FN6O/c1-28(2)18-6-3-5-15(13-18)22(30)26-12-4-7-20-19(14-24)21(25)29(27-20)17-10-8-16(23)9-11-17/h3,5-6,8-11,13H,4,7,12,25H2,1-2H3,(H,26,30). The van der Waals surface area contributed by atoms with E-state index in [0.29, 0.717) is 41.9 Å². The Bertz CT molecular complexity index is 1080. The lowest BCUT2D eigenvalue weighted by Crippen LogP contribution is -2.25. The predicted octanol–water partition coefficient (Wildman–Crippen LogP) is 2.89. The topological polar surface area (TPSA) is 100.0 Å². The van der Waals surface area contributed by atoms with E-state index in [-0.39, 0.29) is 17.5 Å². The van der Waals surface area contributed by atoms with E-state index in [0.717, 1.165) is 5.69 Å². The minimum absolute atomic E-state index is 0.157. The quantitative estimate of drug-likeness (QED) is 0.588. The third kappa shape index (κ3) is 4.58. The Morgan fingerprint density at radius 2 is 2.00 bits per heavy atom. The molecule has 0 atom stereocenters. The highest BCUT2D eigenvalue weighted by atomic mass is 19.1. The number of benzene rings is 2. The summed E-state index contributed by atoms with van der Waals surface area (Å²) >= 11 is 0. The Hall–Kier alpha value is -3.86. The first-order valence-electron chi connectivity index (χ1n) is 9.49. The Balaban J connectivity index is 1.63. The fraction of sp³-hybridized carbons (Fsp3) is 0.227. The van der Waals surface area contributed by atoms with Gasteiger partial charge < -0.3 is 16.0 Å². The second kappa shape index (κ2) is 9.09. The van der Waals surface area contributed by atoms with Crippen LogP contribution >= 0.6 is 0 Å². The van der Waals surface area contributed by atoms with Crippen LogP contribution in [0.1, 0.15) is 28.0 Å². The minimum Gasteiger partial charge on any atom is -0.382 e. The maximum absolute atomic E-state index is 13.2. The Labute approximate surface area is 174 Å². The van der Waals surface area contributed by atoms with Crippen molar-refractivity contribution in [3.63, 3.8) is 0 Å². The van der Waals surface area contributed by atoms with Crippen molar-refractivity contribution in [3.05, 3.63) is 71.2 Å². The molecule has 1 amide bonds. The van der Waals surface area contributed by atoms with Crippen molar-refractivity contribution in [1.29, 1.82) is 5.26 Å². The molecule has 0 radical (unpaired) electrons. The summed E-state index contributed by atoms with van der Waals surface area (Å²) in [7, 11) is 3.83. The van der Waals surface area contributed by atoms with Crippen molar-refractivity contribution < 1.29 is 9.18 Å². The van der Waals surface area contributed by atoms with E-state index in [1.165, 1.54) is 16.8 Å². The molecule has 3 rings (SSSR count). The molecular weight excluding hydrogens is 383 g/mol. The zero-order valence-electron chi connectivity index (χ0n) is 16.9. The number of hydrogen-bond acceptors (Lipinski definition) is 5. The molecule has 0 aliphatic heterocycles. The van der Waals surface area contributed by atoms with Crippen LogP contribution in [0.3, 0.4) is 0 Å². The number of nitrogen functional groups attached to an aromatic ring is 1. The van der Waals surface area contributed by atoms with Crippen molar-refractivity contribution in [3.8, 4) is 11.8 Å². The lowest BCUT2D eigenvalue weighted by atomic mass is 10.1. The molecule has 3 aromatic rings. The number of anilines is 2. The van der Waals surface area contributed by atoms with Gasteiger partial charge in [0.15, 0.2) is 0 Å². The number of carbonyl (C=O) groups is 1. The van der Waals surface area contributed by atoms with Gasteiger partial charge in [-0.05, 0) is 55.3 Å². The van der Waals surface area contributed by atoms with Gasteiger partial charge in [0.2, 0.25) is 0 Å². The molecule has 7 nitrogen and oxygen atoms in total. The van der Waals surface area contributed by atoms with Gasteiger partial charge in [-0.1, -0.05) is 6.07 Å². The fourth-order valence-electron chi connectivity index (χ4n) is 3.04. The van der Waals surface area contributed by atoms with Crippen molar-refractivity contribution >= 4 is 17.4 Å². The molecule has 0 saturated heterocycles. The van der Waals surface area contributed by atoms with Crippen LogP contribution in [0.2, 0.25) is 0 Å². The molecule has 0 fully saturated rings. The summed E-state index contributed by atoms with van der Waals surface area (Å²) in [6, 6.07) is 15.2. The van der Waals surface area contributed by atoms with Crippen molar-refractivity contribution in [2.75, 3.05) is 31.3 Å². The Morgan fingerprint density at radius 1 is 1.27 bits per heavy atom. The van der Waals surface area contributed by atoms with Gasteiger partial charge in [0.05, 0.1) is 11.4 Å². The van der Waals surface area contributed by atoms with Crippen molar-refractivity contribution in [1.82, 2.24) is 15.1 Å². The van der Waals surface area contributed by atoms with Gasteiger partial charge >= 0.3 is 0 Å². The van der Waals surface area contributed by atoms with Crippen LogP contribution < -0.4 is 16.0 Å². The number of nitrogens with one attached hydrogen (secondary N) is 1. The van der Waals surface area contributed by atoms with Gasteiger partial charge in [-0.2, -0.15) is 10.4 Å². The summed E-state index contributed by atoms with van der Waals surface area (Å²) in [5, 5.41) is 16.7. The number of aromatic nitrogens is 2. The summed E-state index contributed by atoms with van der Waals surface area (Å²) in [5.41, 5.74) is 9.01. The third-order valence-electron chi connectivity index (χ3n) is 4.68. The largest absolute Gasteiger partial charge is 0.382 e. The SMILES string of the molecule is CN(C)c1cccc(C(=O)NCCCc2nn(-c3ccc(F)cc3)c(N)c2C#N)c1. The molecule has 8 heteroatoms. The number of amides is 1. The fourth-order valence-corrected chi connectivity index (χ4v) is 3.04. The van der Waals surface area contributed by atoms with Gasteiger partial charge in [0, 0.05) is 31.9 Å². The monoisotopic (exact) mass is 406 g/mol. The summed E-state index contributed by atoms with van der Waals surface area (Å²) in [4.78, 5) is 14.3. The first-order chi connectivity index (χ1) is 14.4. The summed E-state index contributed by atoms with van der Waals surface area (Å²) in [5.74, 6) is -0.309. The number of rotatable bonds is 7. The number of carbonyl (C=O) groups excluding carboxylic acids is 1. The molecule has 0 bridgehead atoms. The van der Waals surface area contributed by atoms with Crippen LogP contribution in [0.25, 0.3) is 5.69 Å². The number of nitrogens with zero attached hydrogens (tertiary/aromatic N) is 4. The summed E-state index contributed by atoms with van der Waals surface area (Å²) < 4.78 is 14.6. The van der Waals surface area contributed by atoms with Crippen molar-refractivity contribution in [2.45, 2.75) is 12.8 Å². The smallest absolute Gasteiger partial charge is 0.251 e. The Kier molecular flexibility index (Phi) is 6.32. The molecule has 3 N–H and O–H groups in total. The average molecular weight is 406 g/mol. The maximum Gasteiger partial charge on any atom is 0.251 e. The van der Waals surface area contributed by atoms with E-state index < -0.39 is 0 Å². The molecule has 0 saturated carbocycles. The second-order valence-electron chi connectivity index (χ2n) is 7.01. The molecule has 2 aromatic carbocycles. The summed E-state index contributed by atoms with van der Waals surface area (Å²) in [6.45, 7) is 0.430. The van der Waals surface area contributed by atoms with Crippen LogP contribution in [0, 0.1) is 17.1 Å². The zero-order valence-corrected chi connectivity index (χ0v) is 16.9. The highest BCUT2D eigenvalue weighted by Crippen LogP contribution is 2.21.